The highest BCUT2D eigenvalue weighted by molar-refractivity contribution is 5.15. The second-order valence-electron chi connectivity index (χ2n) is 3.90. The molecule has 2 rings (SSSR count). The van der Waals surface area contributed by atoms with Crippen LogP contribution < -0.4 is 5.32 Å². The van der Waals surface area contributed by atoms with Crippen molar-refractivity contribution in [2.45, 2.75) is 20.0 Å². The molecule has 1 heterocycles. The first-order chi connectivity index (χ1) is 7.84. The van der Waals surface area contributed by atoms with Crippen LogP contribution in [0.4, 0.5) is 0 Å². The number of nitrogens with one attached hydrogen (secondary N) is 1. The fourth-order valence-electron chi connectivity index (χ4n) is 1.55. The molecule has 0 aliphatic carbocycles. The third-order valence-electron chi connectivity index (χ3n) is 2.47. The van der Waals surface area contributed by atoms with Crippen molar-refractivity contribution in [1.29, 1.82) is 0 Å². The lowest BCUT2D eigenvalue weighted by atomic mass is 10.2. The molecule has 0 amide bonds. The number of aryl methyl sites for hydroxylation is 1. The number of nitrogens with zero attached hydrogens (tertiary/aromatic N) is 1. The van der Waals surface area contributed by atoms with Crippen molar-refractivity contribution >= 4 is 0 Å². The van der Waals surface area contributed by atoms with Crippen molar-refractivity contribution in [2.75, 3.05) is 0 Å². The molecule has 0 fully saturated rings. The molecule has 1 aromatic heterocycles. The molecular formula is C14H16N2. The Morgan fingerprint density at radius 3 is 2.38 bits per heavy atom. The molecule has 1 N–H and O–H groups in total. The fourth-order valence-corrected chi connectivity index (χ4v) is 1.55. The highest BCUT2D eigenvalue weighted by Crippen LogP contribution is 2.01. The van der Waals surface area contributed by atoms with Crippen LogP contribution in [0.15, 0.2) is 48.7 Å². The number of hydrogen-bond donors (Lipinski definition) is 1. The maximum atomic E-state index is 4.26. The number of aromatic nitrogens is 1. The van der Waals surface area contributed by atoms with Gasteiger partial charge in [0.15, 0.2) is 0 Å². The Kier molecular flexibility index (Phi) is 3.67. The summed E-state index contributed by atoms with van der Waals surface area (Å²) in [6, 6.07) is 14.6. The Morgan fingerprint density at radius 2 is 1.69 bits per heavy atom. The molecule has 0 bridgehead atoms. The first-order valence-electron chi connectivity index (χ1n) is 5.51. The van der Waals surface area contributed by atoms with Crippen molar-refractivity contribution in [3.05, 3.63) is 65.5 Å². The molecule has 0 saturated carbocycles. The number of pyridine rings is 1. The average molecular weight is 212 g/mol. The van der Waals surface area contributed by atoms with E-state index in [0.717, 1.165) is 18.8 Å². The third kappa shape index (κ3) is 3.17. The number of rotatable bonds is 4. The van der Waals surface area contributed by atoms with Gasteiger partial charge in [-0.25, -0.2) is 0 Å². The zero-order valence-corrected chi connectivity index (χ0v) is 9.48. The van der Waals surface area contributed by atoms with Gasteiger partial charge in [-0.3, -0.25) is 4.98 Å². The van der Waals surface area contributed by atoms with E-state index in [1.807, 2.05) is 25.3 Å². The topological polar surface area (TPSA) is 24.9 Å². The van der Waals surface area contributed by atoms with Gasteiger partial charge < -0.3 is 5.32 Å². The Balaban J connectivity index is 1.82. The zero-order valence-electron chi connectivity index (χ0n) is 9.48. The highest BCUT2D eigenvalue weighted by Gasteiger charge is 1.94. The molecule has 2 heteroatoms. The van der Waals surface area contributed by atoms with Crippen LogP contribution >= 0.6 is 0 Å². The molecule has 0 atom stereocenters. The molecule has 0 saturated heterocycles. The summed E-state index contributed by atoms with van der Waals surface area (Å²) in [6.07, 6.45) is 1.92. The lowest BCUT2D eigenvalue weighted by Gasteiger charge is -2.04. The average Bonchev–Trinajstić information content (AvgIpc) is 2.33. The summed E-state index contributed by atoms with van der Waals surface area (Å²) in [7, 11) is 0. The maximum Gasteiger partial charge on any atom is 0.0372 e. The Hall–Kier alpha value is -1.67. The van der Waals surface area contributed by atoms with E-state index in [9.17, 15) is 0 Å². The van der Waals surface area contributed by atoms with Crippen molar-refractivity contribution in [2.24, 2.45) is 0 Å². The van der Waals surface area contributed by atoms with E-state index in [4.69, 9.17) is 0 Å². The third-order valence-corrected chi connectivity index (χ3v) is 2.47. The second-order valence-corrected chi connectivity index (χ2v) is 3.90. The monoisotopic (exact) mass is 212 g/mol. The summed E-state index contributed by atoms with van der Waals surface area (Å²) in [6.45, 7) is 3.76. The van der Waals surface area contributed by atoms with Gasteiger partial charge in [-0.2, -0.15) is 0 Å². The van der Waals surface area contributed by atoms with Crippen LogP contribution in [0.3, 0.4) is 0 Å². The van der Waals surface area contributed by atoms with Crippen LogP contribution in [0.2, 0.25) is 0 Å². The van der Waals surface area contributed by atoms with Crippen molar-refractivity contribution in [3.8, 4) is 0 Å². The molecule has 16 heavy (non-hydrogen) atoms. The van der Waals surface area contributed by atoms with Crippen LogP contribution in [-0.4, -0.2) is 4.98 Å². The van der Waals surface area contributed by atoms with Crippen molar-refractivity contribution in [1.82, 2.24) is 10.3 Å². The van der Waals surface area contributed by atoms with Gasteiger partial charge in [0.1, 0.15) is 0 Å². The lowest BCUT2D eigenvalue weighted by molar-refractivity contribution is 0.691. The van der Waals surface area contributed by atoms with Gasteiger partial charge in [-0.1, -0.05) is 36.4 Å². The predicted molar refractivity (Wildman–Crippen MR) is 66.0 cm³/mol. The quantitative estimate of drug-likeness (QED) is 0.842. The standard InChI is InChI=1S/C14H16N2/c1-12-7-8-14(11-16-12)10-15-9-13-5-3-2-4-6-13/h2-8,11,15H,9-10H2,1H3. The van der Waals surface area contributed by atoms with Crippen LogP contribution in [0, 0.1) is 6.92 Å². The summed E-state index contributed by atoms with van der Waals surface area (Å²) in [5.74, 6) is 0. The molecule has 2 aromatic rings. The molecule has 0 spiro atoms. The van der Waals surface area contributed by atoms with E-state index in [1.165, 1.54) is 11.1 Å². The molecule has 2 nitrogen and oxygen atoms in total. The maximum absolute atomic E-state index is 4.26. The molecule has 0 unspecified atom stereocenters. The van der Waals surface area contributed by atoms with Gasteiger partial charge in [0.25, 0.3) is 0 Å². The van der Waals surface area contributed by atoms with Crippen LogP contribution in [-0.2, 0) is 13.1 Å². The molecule has 0 aliphatic heterocycles. The van der Waals surface area contributed by atoms with E-state index in [1.54, 1.807) is 0 Å². The van der Waals surface area contributed by atoms with E-state index < -0.39 is 0 Å². The van der Waals surface area contributed by atoms with Crippen LogP contribution in [0.1, 0.15) is 16.8 Å². The number of benzene rings is 1. The predicted octanol–water partition coefficient (Wildman–Crippen LogP) is 2.68. The first-order valence-corrected chi connectivity index (χ1v) is 5.51. The highest BCUT2D eigenvalue weighted by atomic mass is 14.8. The minimum Gasteiger partial charge on any atom is -0.309 e. The first kappa shape index (κ1) is 10.8. The van der Waals surface area contributed by atoms with E-state index in [2.05, 4.69) is 40.6 Å². The molecular weight excluding hydrogens is 196 g/mol. The normalized spacial score (nSPS) is 10.3. The van der Waals surface area contributed by atoms with Gasteiger partial charge in [0.2, 0.25) is 0 Å². The Morgan fingerprint density at radius 1 is 0.938 bits per heavy atom. The van der Waals surface area contributed by atoms with Gasteiger partial charge in [0.05, 0.1) is 0 Å². The second kappa shape index (κ2) is 5.42. The Labute approximate surface area is 96.4 Å². The summed E-state index contributed by atoms with van der Waals surface area (Å²) in [5.41, 5.74) is 3.59. The SMILES string of the molecule is Cc1ccc(CNCc2ccccc2)cn1. The minimum absolute atomic E-state index is 0.863. The van der Waals surface area contributed by atoms with Crippen molar-refractivity contribution < 1.29 is 0 Å². The molecule has 82 valence electrons. The summed E-state index contributed by atoms with van der Waals surface area (Å²) in [4.78, 5) is 4.26. The van der Waals surface area contributed by atoms with Crippen molar-refractivity contribution in [3.63, 3.8) is 0 Å². The van der Waals surface area contributed by atoms with E-state index in [-0.39, 0.29) is 0 Å². The summed E-state index contributed by atoms with van der Waals surface area (Å²) >= 11 is 0. The largest absolute Gasteiger partial charge is 0.309 e. The van der Waals surface area contributed by atoms with Crippen LogP contribution in [0.5, 0.6) is 0 Å². The smallest absolute Gasteiger partial charge is 0.0372 e. The Bertz CT molecular complexity index is 420. The van der Waals surface area contributed by atoms with Crippen LogP contribution in [0.25, 0.3) is 0 Å². The van der Waals surface area contributed by atoms with E-state index >= 15 is 0 Å². The molecule has 1 aromatic carbocycles. The lowest BCUT2D eigenvalue weighted by Crippen LogP contribution is -2.12. The zero-order chi connectivity index (χ0) is 11.2. The molecule has 0 radical (unpaired) electrons. The van der Waals surface area contributed by atoms with Gasteiger partial charge in [0, 0.05) is 25.0 Å². The van der Waals surface area contributed by atoms with Gasteiger partial charge in [-0.05, 0) is 24.1 Å². The summed E-state index contributed by atoms with van der Waals surface area (Å²) in [5, 5.41) is 3.40. The number of hydrogen-bond acceptors (Lipinski definition) is 2. The van der Waals surface area contributed by atoms with Gasteiger partial charge in [-0.15, -0.1) is 0 Å². The van der Waals surface area contributed by atoms with Gasteiger partial charge >= 0.3 is 0 Å². The summed E-state index contributed by atoms with van der Waals surface area (Å²) < 4.78 is 0. The fraction of sp³-hybridized carbons (Fsp3) is 0.214. The molecule has 0 aliphatic rings. The minimum atomic E-state index is 0.863. The van der Waals surface area contributed by atoms with E-state index in [0.29, 0.717) is 0 Å².